The lowest BCUT2D eigenvalue weighted by Crippen LogP contribution is -2.36. The normalized spacial score (nSPS) is 11.9. The molecule has 0 spiro atoms. The van der Waals surface area contributed by atoms with Crippen LogP contribution in [0.25, 0.3) is 0 Å². The van der Waals surface area contributed by atoms with E-state index in [0.29, 0.717) is 44.2 Å². The average molecular weight is 435 g/mol. The van der Waals surface area contributed by atoms with Crippen molar-refractivity contribution in [3.63, 3.8) is 0 Å². The summed E-state index contributed by atoms with van der Waals surface area (Å²) in [5, 5.41) is 6.24. The lowest BCUT2D eigenvalue weighted by Gasteiger charge is -2.18. The van der Waals surface area contributed by atoms with E-state index < -0.39 is 11.7 Å². The first kappa shape index (κ1) is 24.2. The van der Waals surface area contributed by atoms with Crippen LogP contribution in [0.4, 0.5) is 13.2 Å². The monoisotopic (exact) mass is 434 g/mol. The molecule has 31 heavy (non-hydrogen) atoms. The smallest absolute Gasteiger partial charge is 0.357 e. The zero-order chi connectivity index (χ0) is 22.9. The van der Waals surface area contributed by atoms with Gasteiger partial charge in [-0.1, -0.05) is 24.3 Å². The lowest BCUT2D eigenvalue weighted by molar-refractivity contribution is -0.137. The summed E-state index contributed by atoms with van der Waals surface area (Å²) in [7, 11) is 0. The van der Waals surface area contributed by atoms with E-state index in [1.807, 2.05) is 32.9 Å². The van der Waals surface area contributed by atoms with E-state index in [2.05, 4.69) is 15.6 Å². The molecule has 0 bridgehead atoms. The quantitative estimate of drug-likeness (QED) is 0.477. The Hall–Kier alpha value is -3.03. The molecule has 0 saturated carbocycles. The zero-order valence-electron chi connectivity index (χ0n) is 18.1. The van der Waals surface area contributed by atoms with Crippen molar-refractivity contribution in [2.24, 2.45) is 4.99 Å². The van der Waals surface area contributed by atoms with Crippen LogP contribution in [0.15, 0.2) is 53.5 Å². The number of carbonyl (C=O) groups is 1. The first-order valence-electron chi connectivity index (χ1n) is 10.3. The molecule has 0 aliphatic carbocycles. The first-order valence-corrected chi connectivity index (χ1v) is 10.3. The van der Waals surface area contributed by atoms with Gasteiger partial charge in [0, 0.05) is 31.7 Å². The second-order valence-corrected chi connectivity index (χ2v) is 6.92. The Bertz CT molecular complexity index is 858. The number of aliphatic imine (C=N–C) groups is 1. The summed E-state index contributed by atoms with van der Waals surface area (Å²) in [4.78, 5) is 18.7. The number of amides is 1. The van der Waals surface area contributed by atoms with Gasteiger partial charge >= 0.3 is 6.18 Å². The van der Waals surface area contributed by atoms with Gasteiger partial charge in [0.05, 0.1) is 12.1 Å². The molecule has 8 heteroatoms. The molecule has 0 aromatic heterocycles. The van der Waals surface area contributed by atoms with Gasteiger partial charge in [-0.15, -0.1) is 0 Å². The third kappa shape index (κ3) is 7.31. The molecule has 0 aliphatic heterocycles. The molecule has 5 nitrogen and oxygen atoms in total. The van der Waals surface area contributed by atoms with Gasteiger partial charge in [-0.25, -0.2) is 4.99 Å². The van der Waals surface area contributed by atoms with E-state index in [4.69, 9.17) is 0 Å². The molecule has 0 aliphatic rings. The Morgan fingerprint density at radius 2 is 1.48 bits per heavy atom. The molecule has 0 unspecified atom stereocenters. The Morgan fingerprint density at radius 3 is 2.00 bits per heavy atom. The molecule has 0 atom stereocenters. The molecule has 0 saturated heterocycles. The number of alkyl halides is 3. The third-order valence-electron chi connectivity index (χ3n) is 4.76. The van der Waals surface area contributed by atoms with E-state index in [0.717, 1.165) is 23.3 Å². The number of halogens is 3. The van der Waals surface area contributed by atoms with Gasteiger partial charge < -0.3 is 15.5 Å². The number of carbonyl (C=O) groups excluding carboxylic acids is 1. The standard InChI is InChI=1S/C23H29F3N4O/c1-4-27-22(29-16-18-9-13-20(14-10-18)23(24,25)26)28-15-17-7-11-19(12-8-17)21(31)30(5-2)6-3/h7-14H,4-6,15-16H2,1-3H3,(H2,27,28,29). The van der Waals surface area contributed by atoms with Crippen molar-refractivity contribution in [1.82, 2.24) is 15.5 Å². The second-order valence-electron chi connectivity index (χ2n) is 6.92. The minimum Gasteiger partial charge on any atom is -0.357 e. The molecule has 2 N–H and O–H groups in total. The maximum absolute atomic E-state index is 12.7. The van der Waals surface area contributed by atoms with Gasteiger partial charge in [-0.2, -0.15) is 13.2 Å². The van der Waals surface area contributed by atoms with Crippen molar-refractivity contribution >= 4 is 11.9 Å². The van der Waals surface area contributed by atoms with Crippen molar-refractivity contribution < 1.29 is 18.0 Å². The number of guanidine groups is 1. The number of rotatable bonds is 8. The molecule has 1 amide bonds. The summed E-state index contributed by atoms with van der Waals surface area (Å²) in [6.45, 7) is 8.56. The van der Waals surface area contributed by atoms with Gasteiger partial charge in [0.1, 0.15) is 0 Å². The largest absolute Gasteiger partial charge is 0.416 e. The maximum Gasteiger partial charge on any atom is 0.416 e. The Balaban J connectivity index is 1.98. The number of hydrogen-bond donors (Lipinski definition) is 2. The SMILES string of the molecule is CCNC(=NCc1ccc(C(=O)N(CC)CC)cc1)NCc1ccc(C(F)(F)F)cc1. The summed E-state index contributed by atoms with van der Waals surface area (Å²) in [5.41, 5.74) is 1.64. The first-order chi connectivity index (χ1) is 14.8. The zero-order valence-corrected chi connectivity index (χ0v) is 18.1. The van der Waals surface area contributed by atoms with Crippen molar-refractivity contribution in [3.8, 4) is 0 Å². The molecule has 2 rings (SSSR count). The van der Waals surface area contributed by atoms with Crippen LogP contribution in [0.2, 0.25) is 0 Å². The van der Waals surface area contributed by atoms with Gasteiger partial charge in [0.2, 0.25) is 0 Å². The van der Waals surface area contributed by atoms with Crippen LogP contribution in [0.3, 0.4) is 0 Å². The summed E-state index contributed by atoms with van der Waals surface area (Å²) in [5.74, 6) is 0.567. The van der Waals surface area contributed by atoms with Gasteiger partial charge in [0.15, 0.2) is 5.96 Å². The van der Waals surface area contributed by atoms with E-state index in [9.17, 15) is 18.0 Å². The fraction of sp³-hybridized carbons (Fsp3) is 0.391. The number of nitrogens with zero attached hydrogens (tertiary/aromatic N) is 2. The molecule has 0 radical (unpaired) electrons. The third-order valence-corrected chi connectivity index (χ3v) is 4.76. The van der Waals surface area contributed by atoms with Crippen molar-refractivity contribution in [3.05, 3.63) is 70.8 Å². The minimum atomic E-state index is -4.34. The highest BCUT2D eigenvalue weighted by atomic mass is 19.4. The predicted molar refractivity (Wildman–Crippen MR) is 117 cm³/mol. The van der Waals surface area contributed by atoms with Crippen LogP contribution < -0.4 is 10.6 Å². The van der Waals surface area contributed by atoms with Crippen LogP contribution in [-0.2, 0) is 19.3 Å². The average Bonchev–Trinajstić information content (AvgIpc) is 2.76. The molecule has 2 aromatic carbocycles. The lowest BCUT2D eigenvalue weighted by atomic mass is 10.1. The topological polar surface area (TPSA) is 56.7 Å². The predicted octanol–water partition coefficient (Wildman–Crippen LogP) is 4.44. The molecular weight excluding hydrogens is 405 g/mol. The molecule has 0 heterocycles. The van der Waals surface area contributed by atoms with Crippen LogP contribution >= 0.6 is 0 Å². The Labute approximate surface area is 181 Å². The number of hydrogen-bond acceptors (Lipinski definition) is 2. The fourth-order valence-corrected chi connectivity index (χ4v) is 2.96. The van der Waals surface area contributed by atoms with Crippen LogP contribution in [0, 0.1) is 0 Å². The van der Waals surface area contributed by atoms with Gasteiger partial charge in [-0.05, 0) is 56.2 Å². The highest BCUT2D eigenvalue weighted by Gasteiger charge is 2.29. The minimum absolute atomic E-state index is 0.00611. The summed E-state index contributed by atoms with van der Waals surface area (Å²) in [6, 6.07) is 12.4. The maximum atomic E-state index is 12.7. The number of benzene rings is 2. The molecular formula is C23H29F3N4O. The molecule has 0 fully saturated rings. The van der Waals surface area contributed by atoms with E-state index in [1.165, 1.54) is 12.1 Å². The number of nitrogens with one attached hydrogen (secondary N) is 2. The van der Waals surface area contributed by atoms with E-state index in [1.54, 1.807) is 17.0 Å². The second kappa shape index (κ2) is 11.4. The van der Waals surface area contributed by atoms with Crippen molar-refractivity contribution in [2.45, 2.75) is 40.0 Å². The fourth-order valence-electron chi connectivity index (χ4n) is 2.96. The van der Waals surface area contributed by atoms with E-state index in [-0.39, 0.29) is 5.91 Å². The van der Waals surface area contributed by atoms with Crippen LogP contribution in [0.1, 0.15) is 47.8 Å². The van der Waals surface area contributed by atoms with Gasteiger partial charge in [0.25, 0.3) is 5.91 Å². The molecule has 168 valence electrons. The van der Waals surface area contributed by atoms with E-state index >= 15 is 0 Å². The Kier molecular flexibility index (Phi) is 8.90. The van der Waals surface area contributed by atoms with Crippen LogP contribution in [-0.4, -0.2) is 36.4 Å². The van der Waals surface area contributed by atoms with Crippen molar-refractivity contribution in [1.29, 1.82) is 0 Å². The Morgan fingerprint density at radius 1 is 0.903 bits per heavy atom. The summed E-state index contributed by atoms with van der Waals surface area (Å²) in [6.07, 6.45) is -4.34. The van der Waals surface area contributed by atoms with Crippen molar-refractivity contribution in [2.75, 3.05) is 19.6 Å². The van der Waals surface area contributed by atoms with Crippen LogP contribution in [0.5, 0.6) is 0 Å². The summed E-state index contributed by atoms with van der Waals surface area (Å²) < 4.78 is 38.0. The highest BCUT2D eigenvalue weighted by Crippen LogP contribution is 2.29. The van der Waals surface area contributed by atoms with Gasteiger partial charge in [-0.3, -0.25) is 4.79 Å². The molecule has 2 aromatic rings. The highest BCUT2D eigenvalue weighted by molar-refractivity contribution is 5.94. The summed E-state index contributed by atoms with van der Waals surface area (Å²) >= 11 is 0.